The highest BCUT2D eigenvalue weighted by Gasteiger charge is 2.45. The molecular weight excluding hydrogens is 386 g/mol. The van der Waals surface area contributed by atoms with Crippen LogP contribution in [0.25, 0.3) is 10.6 Å². The lowest BCUT2D eigenvalue weighted by molar-refractivity contribution is 0.0787. The summed E-state index contributed by atoms with van der Waals surface area (Å²) in [5.41, 5.74) is 2.28. The van der Waals surface area contributed by atoms with Crippen LogP contribution in [0.4, 0.5) is 0 Å². The molecular formula is C21H21N5O2S. The lowest BCUT2D eigenvalue weighted by Crippen LogP contribution is -2.27. The van der Waals surface area contributed by atoms with E-state index in [0.29, 0.717) is 45.7 Å². The molecule has 1 atom stereocenters. The number of aromatic nitrogens is 2. The topological polar surface area (TPSA) is 99.0 Å². The Morgan fingerprint density at radius 3 is 2.79 bits per heavy atom. The van der Waals surface area contributed by atoms with Gasteiger partial charge in [-0.15, -0.1) is 11.3 Å². The molecule has 1 saturated carbocycles. The zero-order valence-electron chi connectivity index (χ0n) is 16.2. The van der Waals surface area contributed by atoms with Gasteiger partial charge in [0.1, 0.15) is 10.7 Å². The Labute approximate surface area is 172 Å². The fourth-order valence-electron chi connectivity index (χ4n) is 4.26. The number of rotatable bonds is 4. The Morgan fingerprint density at radius 1 is 1.34 bits per heavy atom. The summed E-state index contributed by atoms with van der Waals surface area (Å²) in [6.45, 7) is 3.82. The van der Waals surface area contributed by atoms with Gasteiger partial charge >= 0.3 is 0 Å². The lowest BCUT2D eigenvalue weighted by atomic mass is 9.81. The van der Waals surface area contributed by atoms with Crippen molar-refractivity contribution in [1.82, 2.24) is 20.2 Å². The fourth-order valence-corrected chi connectivity index (χ4v) is 5.08. The highest BCUT2D eigenvalue weighted by Crippen LogP contribution is 2.47. The van der Waals surface area contributed by atoms with Gasteiger partial charge in [0, 0.05) is 24.0 Å². The van der Waals surface area contributed by atoms with Crippen LogP contribution in [0.2, 0.25) is 0 Å². The Morgan fingerprint density at radius 2 is 2.10 bits per heavy atom. The van der Waals surface area contributed by atoms with Crippen molar-refractivity contribution in [3.8, 4) is 16.6 Å². The van der Waals surface area contributed by atoms with Crippen molar-refractivity contribution in [3.63, 3.8) is 0 Å². The first kappa shape index (κ1) is 18.3. The average molecular weight is 407 g/mol. The Hall–Kier alpha value is -2.79. The van der Waals surface area contributed by atoms with Gasteiger partial charge < -0.3 is 10.2 Å². The van der Waals surface area contributed by atoms with Crippen molar-refractivity contribution < 1.29 is 9.59 Å². The van der Waals surface area contributed by atoms with Crippen LogP contribution in [-0.4, -0.2) is 39.8 Å². The monoisotopic (exact) mass is 407 g/mol. The molecule has 2 aromatic rings. The largest absolute Gasteiger partial charge is 0.346 e. The molecule has 1 unspecified atom stereocenters. The Bertz CT molecular complexity index is 1060. The Kier molecular flexibility index (Phi) is 4.17. The molecule has 4 heterocycles. The van der Waals surface area contributed by atoms with E-state index in [0.717, 1.165) is 38.8 Å². The molecule has 7 nitrogen and oxygen atoms in total. The molecule has 2 amide bonds. The van der Waals surface area contributed by atoms with E-state index in [1.807, 2.05) is 17.9 Å². The predicted molar refractivity (Wildman–Crippen MR) is 107 cm³/mol. The second kappa shape index (κ2) is 6.63. The van der Waals surface area contributed by atoms with Gasteiger partial charge in [-0.25, -0.2) is 4.98 Å². The third-order valence-electron chi connectivity index (χ3n) is 6.24. The molecule has 2 aromatic heterocycles. The van der Waals surface area contributed by atoms with E-state index in [2.05, 4.69) is 16.4 Å². The smallest absolute Gasteiger partial charge is 0.273 e. The molecule has 1 N–H and O–H groups in total. The maximum Gasteiger partial charge on any atom is 0.273 e. The molecule has 2 aliphatic heterocycles. The molecule has 3 aliphatic rings. The summed E-state index contributed by atoms with van der Waals surface area (Å²) in [4.78, 5) is 36.3. The van der Waals surface area contributed by atoms with E-state index in [1.165, 1.54) is 11.3 Å². The summed E-state index contributed by atoms with van der Waals surface area (Å²) in [7, 11) is 0. The summed E-state index contributed by atoms with van der Waals surface area (Å²) in [6.07, 6.45) is 4.08. The third kappa shape index (κ3) is 2.92. The number of nitrogens with zero attached hydrogens (tertiary/aromatic N) is 4. The molecule has 8 heteroatoms. The SMILES string of the molecule is CC(C#N)(c1cc(-c2nc(C(=O)N3CCCC3)cs2)c2c(n1)CNC2=O)C1CC1. The first-order chi connectivity index (χ1) is 14.0. The normalized spacial score (nSPS) is 20.1. The predicted octanol–water partition coefficient (Wildman–Crippen LogP) is 2.88. The number of nitrogens with one attached hydrogen (secondary N) is 1. The van der Waals surface area contributed by atoms with Crippen LogP contribution in [0.5, 0.6) is 0 Å². The minimum atomic E-state index is -0.680. The van der Waals surface area contributed by atoms with Crippen LogP contribution in [0.3, 0.4) is 0 Å². The number of nitriles is 1. The maximum atomic E-state index is 12.7. The number of likely N-dealkylation sites (tertiary alicyclic amines) is 1. The number of thiazole rings is 1. The summed E-state index contributed by atoms with van der Waals surface area (Å²) in [6, 6.07) is 4.29. The minimum absolute atomic E-state index is 0.0554. The zero-order valence-corrected chi connectivity index (χ0v) is 17.0. The van der Waals surface area contributed by atoms with Crippen molar-refractivity contribution >= 4 is 23.2 Å². The van der Waals surface area contributed by atoms with Crippen LogP contribution in [0.15, 0.2) is 11.4 Å². The molecule has 1 aliphatic carbocycles. The molecule has 0 radical (unpaired) electrons. The highest BCUT2D eigenvalue weighted by molar-refractivity contribution is 7.13. The van der Waals surface area contributed by atoms with Crippen LogP contribution in [0, 0.1) is 17.2 Å². The summed E-state index contributed by atoms with van der Waals surface area (Å²) in [5, 5.41) is 15.1. The zero-order chi connectivity index (χ0) is 20.2. The quantitative estimate of drug-likeness (QED) is 0.840. The number of pyridine rings is 1. The summed E-state index contributed by atoms with van der Waals surface area (Å²) < 4.78 is 0. The van der Waals surface area contributed by atoms with E-state index in [-0.39, 0.29) is 11.8 Å². The van der Waals surface area contributed by atoms with Crippen molar-refractivity contribution in [1.29, 1.82) is 5.26 Å². The molecule has 0 spiro atoms. The van der Waals surface area contributed by atoms with Gasteiger partial charge in [-0.1, -0.05) is 0 Å². The van der Waals surface area contributed by atoms with Gasteiger partial charge in [0.25, 0.3) is 11.8 Å². The van der Waals surface area contributed by atoms with Crippen LogP contribution >= 0.6 is 11.3 Å². The molecule has 0 aromatic carbocycles. The molecule has 148 valence electrons. The first-order valence-corrected chi connectivity index (χ1v) is 10.9. The van der Waals surface area contributed by atoms with E-state index in [4.69, 9.17) is 4.98 Å². The summed E-state index contributed by atoms with van der Waals surface area (Å²) >= 11 is 1.36. The number of amides is 2. The number of fused-ring (bicyclic) bond motifs is 1. The lowest BCUT2D eigenvalue weighted by Gasteiger charge is -2.22. The van der Waals surface area contributed by atoms with E-state index in [9.17, 15) is 14.9 Å². The second-order valence-corrected chi connectivity index (χ2v) is 9.04. The third-order valence-corrected chi connectivity index (χ3v) is 7.12. The molecule has 0 bridgehead atoms. The average Bonchev–Trinajstić information content (AvgIpc) is 3.13. The van der Waals surface area contributed by atoms with Gasteiger partial charge in [-0.05, 0) is 44.6 Å². The van der Waals surface area contributed by atoms with Crippen LogP contribution in [-0.2, 0) is 12.0 Å². The standard InChI is InChI=1S/C21H21N5O2S/c1-21(11-22,12-4-5-12)16-8-13(17-14(24-16)9-23-18(17)27)19-25-15(10-29-19)20(28)26-6-2-3-7-26/h8,10,12H,2-7,9H2,1H3,(H,23,27). The van der Waals surface area contributed by atoms with E-state index >= 15 is 0 Å². The van der Waals surface area contributed by atoms with E-state index < -0.39 is 5.41 Å². The molecule has 1 saturated heterocycles. The van der Waals surface area contributed by atoms with Crippen LogP contribution < -0.4 is 5.32 Å². The number of carbonyl (C=O) groups excluding carboxylic acids is 2. The maximum absolute atomic E-state index is 12.7. The van der Waals surface area contributed by atoms with Gasteiger partial charge in [0.15, 0.2) is 0 Å². The number of hydrogen-bond donors (Lipinski definition) is 1. The first-order valence-electron chi connectivity index (χ1n) is 10.0. The van der Waals surface area contributed by atoms with Gasteiger partial charge in [0.2, 0.25) is 0 Å². The molecule has 29 heavy (non-hydrogen) atoms. The van der Waals surface area contributed by atoms with Crippen molar-refractivity contribution in [2.45, 2.75) is 44.6 Å². The summed E-state index contributed by atoms with van der Waals surface area (Å²) in [5.74, 6) is 0.0570. The fraction of sp³-hybridized carbons (Fsp3) is 0.476. The Balaban J connectivity index is 1.59. The van der Waals surface area contributed by atoms with Gasteiger partial charge in [-0.2, -0.15) is 5.26 Å². The van der Waals surface area contributed by atoms with Gasteiger partial charge in [0.05, 0.1) is 35.0 Å². The van der Waals surface area contributed by atoms with Crippen LogP contribution in [0.1, 0.15) is 64.8 Å². The van der Waals surface area contributed by atoms with Crippen molar-refractivity contribution in [2.24, 2.45) is 5.92 Å². The molecule has 5 rings (SSSR count). The van der Waals surface area contributed by atoms with E-state index in [1.54, 1.807) is 5.38 Å². The molecule has 2 fully saturated rings. The second-order valence-electron chi connectivity index (χ2n) is 8.19. The number of hydrogen-bond acceptors (Lipinski definition) is 6. The minimum Gasteiger partial charge on any atom is -0.346 e. The number of carbonyl (C=O) groups is 2. The van der Waals surface area contributed by atoms with Gasteiger partial charge in [-0.3, -0.25) is 14.6 Å². The van der Waals surface area contributed by atoms with Crippen molar-refractivity contribution in [3.05, 3.63) is 34.1 Å². The highest BCUT2D eigenvalue weighted by atomic mass is 32.1. The van der Waals surface area contributed by atoms with Crippen molar-refractivity contribution in [2.75, 3.05) is 13.1 Å².